The first kappa shape index (κ1) is 22.6. The van der Waals surface area contributed by atoms with Gasteiger partial charge < -0.3 is 5.32 Å². The number of carbonyl (C=O) groups excluding carboxylic acids is 1. The Bertz CT molecular complexity index is 1360. The number of sulfonamides is 1. The van der Waals surface area contributed by atoms with Gasteiger partial charge in [0.1, 0.15) is 0 Å². The fourth-order valence-corrected chi connectivity index (χ4v) is 4.72. The number of hydrogen-bond donors (Lipinski definition) is 2. The maximum Gasteiger partial charge on any atom is 0.261 e. The molecular weight excluding hydrogens is 432 g/mol. The van der Waals surface area contributed by atoms with Crippen LogP contribution in [0.3, 0.4) is 0 Å². The van der Waals surface area contributed by atoms with Crippen LogP contribution in [0.4, 0.5) is 5.69 Å². The number of rotatable bonds is 8. The molecule has 0 heterocycles. The van der Waals surface area contributed by atoms with Gasteiger partial charge in [-0.05, 0) is 59.5 Å². The van der Waals surface area contributed by atoms with Crippen molar-refractivity contribution < 1.29 is 13.2 Å². The second-order valence-corrected chi connectivity index (χ2v) is 9.71. The topological polar surface area (TPSA) is 75.3 Å². The highest BCUT2D eigenvalue weighted by Gasteiger charge is 2.14. The molecular formula is C27H26N2O3S. The molecule has 2 N–H and O–H groups in total. The molecule has 0 aliphatic heterocycles. The number of amides is 1. The molecule has 0 saturated heterocycles. The predicted octanol–water partition coefficient (Wildman–Crippen LogP) is 5.20. The van der Waals surface area contributed by atoms with Gasteiger partial charge in [0.2, 0.25) is 5.91 Å². The van der Waals surface area contributed by atoms with Gasteiger partial charge in [-0.25, -0.2) is 8.42 Å². The first-order valence-corrected chi connectivity index (χ1v) is 12.3. The van der Waals surface area contributed by atoms with Crippen LogP contribution in [-0.2, 0) is 27.8 Å². The molecule has 4 aromatic carbocycles. The molecule has 1 amide bonds. The van der Waals surface area contributed by atoms with E-state index >= 15 is 0 Å². The number of benzene rings is 4. The van der Waals surface area contributed by atoms with Gasteiger partial charge >= 0.3 is 0 Å². The van der Waals surface area contributed by atoms with Crippen LogP contribution in [0.1, 0.15) is 23.1 Å². The van der Waals surface area contributed by atoms with Crippen LogP contribution in [0.2, 0.25) is 0 Å². The Morgan fingerprint density at radius 1 is 0.818 bits per heavy atom. The minimum atomic E-state index is -3.66. The molecule has 0 fully saturated rings. The molecule has 168 valence electrons. The maximum atomic E-state index is 12.6. The summed E-state index contributed by atoms with van der Waals surface area (Å²) in [6.45, 7) is 2.42. The average Bonchev–Trinajstić information content (AvgIpc) is 2.83. The van der Waals surface area contributed by atoms with Crippen molar-refractivity contribution in [2.24, 2.45) is 0 Å². The van der Waals surface area contributed by atoms with Crippen LogP contribution in [0.5, 0.6) is 0 Å². The van der Waals surface area contributed by atoms with Crippen LogP contribution in [0.15, 0.2) is 95.9 Å². The third kappa shape index (κ3) is 5.79. The summed E-state index contributed by atoms with van der Waals surface area (Å²) in [5, 5.41) is 5.27. The third-order valence-corrected chi connectivity index (χ3v) is 6.93. The predicted molar refractivity (Wildman–Crippen MR) is 133 cm³/mol. The lowest BCUT2D eigenvalue weighted by Crippen LogP contribution is -2.23. The Kier molecular flexibility index (Phi) is 6.75. The number of anilines is 1. The summed E-state index contributed by atoms with van der Waals surface area (Å²) in [4.78, 5) is 12.5. The zero-order chi connectivity index (χ0) is 23.3. The highest BCUT2D eigenvalue weighted by atomic mass is 32.2. The van der Waals surface area contributed by atoms with E-state index in [1.54, 1.807) is 36.4 Å². The standard InChI is InChI=1S/C27H26N2O3S/c1-20-9-14-24(15-10-20)29-33(31,32)25-16-11-21(12-17-25)13-18-27(30)28-19-23-7-4-6-22-5-2-3-8-26(22)23/h2-12,14-17,29H,13,18-19H2,1H3,(H,28,30). The Morgan fingerprint density at radius 3 is 2.27 bits per heavy atom. The Morgan fingerprint density at radius 2 is 1.52 bits per heavy atom. The molecule has 4 rings (SSSR count). The van der Waals surface area contributed by atoms with Gasteiger partial charge in [0.25, 0.3) is 10.0 Å². The summed E-state index contributed by atoms with van der Waals surface area (Å²) in [6.07, 6.45) is 0.867. The first-order valence-electron chi connectivity index (χ1n) is 10.8. The van der Waals surface area contributed by atoms with Gasteiger partial charge in [0.15, 0.2) is 0 Å². The van der Waals surface area contributed by atoms with Crippen LogP contribution >= 0.6 is 0 Å². The van der Waals surface area contributed by atoms with Crippen molar-refractivity contribution in [3.8, 4) is 0 Å². The van der Waals surface area contributed by atoms with E-state index in [0.717, 1.165) is 27.5 Å². The molecule has 0 bridgehead atoms. The molecule has 0 radical (unpaired) electrons. The Labute approximate surface area is 194 Å². The second-order valence-electron chi connectivity index (χ2n) is 8.03. The Hall–Kier alpha value is -3.64. The minimum absolute atomic E-state index is 0.0410. The van der Waals surface area contributed by atoms with Gasteiger partial charge in [-0.1, -0.05) is 72.3 Å². The Balaban J connectivity index is 1.31. The highest BCUT2D eigenvalue weighted by Crippen LogP contribution is 2.19. The monoisotopic (exact) mass is 458 g/mol. The first-order chi connectivity index (χ1) is 15.9. The lowest BCUT2D eigenvalue weighted by molar-refractivity contribution is -0.121. The number of fused-ring (bicyclic) bond motifs is 1. The summed E-state index contributed by atoms with van der Waals surface area (Å²) < 4.78 is 27.8. The van der Waals surface area contributed by atoms with Gasteiger partial charge in [-0.3, -0.25) is 9.52 Å². The van der Waals surface area contributed by atoms with E-state index in [9.17, 15) is 13.2 Å². The minimum Gasteiger partial charge on any atom is -0.352 e. The summed E-state index contributed by atoms with van der Waals surface area (Å²) in [6, 6.07) is 28.0. The average molecular weight is 459 g/mol. The van der Waals surface area contributed by atoms with E-state index in [4.69, 9.17) is 0 Å². The van der Waals surface area contributed by atoms with Gasteiger partial charge in [0.05, 0.1) is 4.90 Å². The van der Waals surface area contributed by atoms with Crippen molar-refractivity contribution in [3.63, 3.8) is 0 Å². The van der Waals surface area contributed by atoms with Gasteiger partial charge in [0, 0.05) is 18.7 Å². The molecule has 0 aliphatic carbocycles. The fraction of sp³-hybridized carbons (Fsp3) is 0.148. The van der Waals surface area contributed by atoms with E-state index in [1.165, 1.54) is 0 Å². The number of hydrogen-bond acceptors (Lipinski definition) is 3. The number of carbonyl (C=O) groups is 1. The molecule has 5 nitrogen and oxygen atoms in total. The molecule has 4 aromatic rings. The lowest BCUT2D eigenvalue weighted by Gasteiger charge is -2.10. The molecule has 33 heavy (non-hydrogen) atoms. The van der Waals surface area contributed by atoms with E-state index in [2.05, 4.69) is 28.2 Å². The van der Waals surface area contributed by atoms with E-state index < -0.39 is 10.0 Å². The quantitative estimate of drug-likeness (QED) is 0.381. The van der Waals surface area contributed by atoms with E-state index in [1.807, 2.05) is 43.3 Å². The summed E-state index contributed by atoms with van der Waals surface area (Å²) in [5.41, 5.74) is 3.57. The highest BCUT2D eigenvalue weighted by molar-refractivity contribution is 7.92. The van der Waals surface area contributed by atoms with Crippen LogP contribution in [0.25, 0.3) is 10.8 Å². The van der Waals surface area contributed by atoms with Gasteiger partial charge in [-0.15, -0.1) is 0 Å². The molecule has 0 aliphatic rings. The maximum absolute atomic E-state index is 12.6. The molecule has 0 aromatic heterocycles. The molecule has 6 heteroatoms. The zero-order valence-corrected chi connectivity index (χ0v) is 19.2. The van der Waals surface area contributed by atoms with Crippen LogP contribution < -0.4 is 10.0 Å². The van der Waals surface area contributed by atoms with Gasteiger partial charge in [-0.2, -0.15) is 0 Å². The largest absolute Gasteiger partial charge is 0.352 e. The van der Waals surface area contributed by atoms with E-state index in [-0.39, 0.29) is 10.8 Å². The van der Waals surface area contributed by atoms with Crippen molar-refractivity contribution in [1.82, 2.24) is 5.32 Å². The molecule has 0 unspecified atom stereocenters. The van der Waals surface area contributed by atoms with E-state index in [0.29, 0.717) is 25.1 Å². The fourth-order valence-electron chi connectivity index (χ4n) is 3.66. The number of aryl methyl sites for hydroxylation is 2. The lowest BCUT2D eigenvalue weighted by atomic mass is 10.0. The van der Waals surface area contributed by atoms with Crippen molar-refractivity contribution in [2.45, 2.75) is 31.2 Å². The van der Waals surface area contributed by atoms with Crippen molar-refractivity contribution in [2.75, 3.05) is 4.72 Å². The summed E-state index contributed by atoms with van der Waals surface area (Å²) >= 11 is 0. The summed E-state index contributed by atoms with van der Waals surface area (Å²) in [5.74, 6) is -0.0410. The SMILES string of the molecule is Cc1ccc(NS(=O)(=O)c2ccc(CCC(=O)NCc3cccc4ccccc34)cc2)cc1. The normalized spacial score (nSPS) is 11.3. The van der Waals surface area contributed by atoms with Crippen LogP contribution in [0, 0.1) is 6.92 Å². The van der Waals surface area contributed by atoms with Crippen LogP contribution in [-0.4, -0.2) is 14.3 Å². The zero-order valence-electron chi connectivity index (χ0n) is 18.4. The smallest absolute Gasteiger partial charge is 0.261 e. The van der Waals surface area contributed by atoms with Crippen molar-refractivity contribution in [3.05, 3.63) is 108 Å². The summed E-state index contributed by atoms with van der Waals surface area (Å²) in [7, 11) is -3.66. The van der Waals surface area contributed by atoms with Crippen molar-refractivity contribution in [1.29, 1.82) is 0 Å². The molecule has 0 atom stereocenters. The number of nitrogens with one attached hydrogen (secondary N) is 2. The second kappa shape index (κ2) is 9.88. The third-order valence-electron chi connectivity index (χ3n) is 5.53. The van der Waals surface area contributed by atoms with Crippen molar-refractivity contribution >= 4 is 32.4 Å². The molecule has 0 spiro atoms. The molecule has 0 saturated carbocycles.